The molecule has 0 bridgehead atoms. The molecule has 0 aliphatic carbocycles. The van der Waals surface area contributed by atoms with Gasteiger partial charge in [-0.2, -0.15) is 0 Å². The number of carbonyl (C=O) groups is 1. The van der Waals surface area contributed by atoms with E-state index in [1.165, 1.54) is 11.3 Å². The van der Waals surface area contributed by atoms with Crippen LogP contribution in [0.1, 0.15) is 43.8 Å². The number of likely N-dealkylation sites (tertiary alicyclic amines) is 1. The molecular weight excluding hydrogens is 326 g/mol. The summed E-state index contributed by atoms with van der Waals surface area (Å²) in [6.45, 7) is 7.88. The summed E-state index contributed by atoms with van der Waals surface area (Å²) in [5.74, 6) is 1.02. The Kier molecular flexibility index (Phi) is 5.21. The van der Waals surface area contributed by atoms with Crippen LogP contribution in [0.4, 0.5) is 0 Å². The second kappa shape index (κ2) is 7.18. The van der Waals surface area contributed by atoms with Crippen LogP contribution in [-0.2, 0) is 11.2 Å². The van der Waals surface area contributed by atoms with Crippen molar-refractivity contribution in [1.29, 1.82) is 0 Å². The number of hydrogen-bond donors (Lipinski definition) is 0. The first-order chi connectivity index (χ1) is 11.1. The Balaban J connectivity index is 1.82. The largest absolute Gasteiger partial charge is 0.342 e. The van der Waals surface area contributed by atoms with Crippen molar-refractivity contribution in [2.24, 2.45) is 0 Å². The van der Waals surface area contributed by atoms with E-state index in [0.717, 1.165) is 53.4 Å². The Labute approximate surface area is 145 Å². The van der Waals surface area contributed by atoms with Crippen LogP contribution in [0.3, 0.4) is 0 Å². The van der Waals surface area contributed by atoms with Gasteiger partial charge >= 0.3 is 0 Å². The van der Waals surface area contributed by atoms with Gasteiger partial charge in [0, 0.05) is 23.4 Å². The third-order valence-electron chi connectivity index (χ3n) is 4.17. The molecule has 0 saturated carbocycles. The average Bonchev–Trinajstić information content (AvgIpc) is 2.98. The van der Waals surface area contributed by atoms with Crippen LogP contribution >= 0.6 is 23.1 Å². The van der Waals surface area contributed by atoms with Gasteiger partial charge in [0.1, 0.15) is 15.7 Å². The van der Waals surface area contributed by atoms with Crippen molar-refractivity contribution in [2.45, 2.75) is 56.7 Å². The van der Waals surface area contributed by atoms with Gasteiger partial charge in [-0.1, -0.05) is 18.7 Å². The topological polar surface area (TPSA) is 46.1 Å². The number of thiophene rings is 1. The fourth-order valence-corrected chi connectivity index (χ4v) is 5.03. The standard InChI is InChI=1S/C17H23N3OS2/c1-4-13-10-14-15(18-12(3)19-16(14)23-13)22-11(2)17(21)20-8-6-5-7-9-20/h10-11H,4-9H2,1-3H3. The molecule has 0 aromatic carbocycles. The van der Waals surface area contributed by atoms with E-state index in [9.17, 15) is 4.79 Å². The molecule has 1 aliphatic rings. The maximum atomic E-state index is 12.6. The molecule has 0 radical (unpaired) electrons. The highest BCUT2D eigenvalue weighted by atomic mass is 32.2. The Morgan fingerprint density at radius 2 is 2.09 bits per heavy atom. The first-order valence-corrected chi connectivity index (χ1v) is 10.0. The van der Waals surface area contributed by atoms with Crippen LogP contribution in [0.15, 0.2) is 11.1 Å². The van der Waals surface area contributed by atoms with E-state index in [4.69, 9.17) is 0 Å². The van der Waals surface area contributed by atoms with Gasteiger partial charge in [-0.15, -0.1) is 11.3 Å². The van der Waals surface area contributed by atoms with Crippen molar-refractivity contribution in [2.75, 3.05) is 13.1 Å². The van der Waals surface area contributed by atoms with E-state index in [0.29, 0.717) is 0 Å². The van der Waals surface area contributed by atoms with E-state index in [1.807, 2.05) is 18.7 Å². The highest BCUT2D eigenvalue weighted by Gasteiger charge is 2.24. The number of aryl methyl sites for hydroxylation is 2. The lowest BCUT2D eigenvalue weighted by molar-refractivity contribution is -0.131. The van der Waals surface area contributed by atoms with Gasteiger partial charge in [0.25, 0.3) is 0 Å². The molecule has 124 valence electrons. The number of thioether (sulfide) groups is 1. The van der Waals surface area contributed by atoms with Gasteiger partial charge in [0.05, 0.1) is 5.25 Å². The summed E-state index contributed by atoms with van der Waals surface area (Å²) < 4.78 is 0. The molecule has 0 N–H and O–H groups in total. The number of carbonyl (C=O) groups excluding carboxylic acids is 1. The zero-order chi connectivity index (χ0) is 16.4. The third-order valence-corrected chi connectivity index (χ3v) is 6.44. The highest BCUT2D eigenvalue weighted by Crippen LogP contribution is 2.34. The average molecular weight is 350 g/mol. The Hall–Kier alpha value is -1.14. The minimum Gasteiger partial charge on any atom is -0.342 e. The second-order valence-electron chi connectivity index (χ2n) is 6.01. The van der Waals surface area contributed by atoms with Crippen LogP contribution in [0.5, 0.6) is 0 Å². The lowest BCUT2D eigenvalue weighted by Gasteiger charge is -2.28. The van der Waals surface area contributed by atoms with Crippen LogP contribution in [0.2, 0.25) is 0 Å². The summed E-state index contributed by atoms with van der Waals surface area (Å²) in [7, 11) is 0. The van der Waals surface area contributed by atoms with E-state index < -0.39 is 0 Å². The second-order valence-corrected chi connectivity index (χ2v) is 8.45. The van der Waals surface area contributed by atoms with Gasteiger partial charge in [0.15, 0.2) is 0 Å². The zero-order valence-electron chi connectivity index (χ0n) is 14.0. The fourth-order valence-electron chi connectivity index (χ4n) is 2.90. The van der Waals surface area contributed by atoms with Crippen LogP contribution in [-0.4, -0.2) is 39.1 Å². The number of amides is 1. The minimum absolute atomic E-state index is 0.101. The molecule has 1 amide bonds. The van der Waals surface area contributed by atoms with Gasteiger partial charge in [0.2, 0.25) is 5.91 Å². The molecule has 3 rings (SSSR count). The van der Waals surface area contributed by atoms with Gasteiger partial charge in [-0.3, -0.25) is 4.79 Å². The van der Waals surface area contributed by atoms with Gasteiger partial charge < -0.3 is 4.90 Å². The first-order valence-electron chi connectivity index (χ1n) is 8.31. The summed E-state index contributed by atoms with van der Waals surface area (Å²) in [6, 6.07) is 2.18. The van der Waals surface area contributed by atoms with Crippen LogP contribution in [0, 0.1) is 6.92 Å². The number of aromatic nitrogens is 2. The summed E-state index contributed by atoms with van der Waals surface area (Å²) in [5, 5.41) is 1.94. The Morgan fingerprint density at radius 1 is 1.35 bits per heavy atom. The maximum absolute atomic E-state index is 12.6. The molecule has 4 nitrogen and oxygen atoms in total. The molecule has 0 spiro atoms. The van der Waals surface area contributed by atoms with Crippen molar-refractivity contribution in [1.82, 2.24) is 14.9 Å². The quantitative estimate of drug-likeness (QED) is 0.617. The molecular formula is C17H23N3OS2. The molecule has 2 aromatic heterocycles. The molecule has 23 heavy (non-hydrogen) atoms. The molecule has 1 fully saturated rings. The predicted octanol–water partition coefficient (Wildman–Crippen LogP) is 4.06. The summed E-state index contributed by atoms with van der Waals surface area (Å²) in [4.78, 5) is 26.2. The fraction of sp³-hybridized carbons (Fsp3) is 0.588. The number of nitrogens with zero attached hydrogens (tertiary/aromatic N) is 3. The number of hydrogen-bond acceptors (Lipinski definition) is 5. The highest BCUT2D eigenvalue weighted by molar-refractivity contribution is 8.00. The predicted molar refractivity (Wildman–Crippen MR) is 97.3 cm³/mol. The summed E-state index contributed by atoms with van der Waals surface area (Å²) >= 11 is 3.31. The monoisotopic (exact) mass is 349 g/mol. The summed E-state index contributed by atoms with van der Waals surface area (Å²) in [5.41, 5.74) is 0. The molecule has 6 heteroatoms. The van der Waals surface area contributed by atoms with E-state index >= 15 is 0 Å². The number of fused-ring (bicyclic) bond motifs is 1. The maximum Gasteiger partial charge on any atom is 0.235 e. The van der Waals surface area contributed by atoms with Crippen molar-refractivity contribution >= 4 is 39.2 Å². The van der Waals surface area contributed by atoms with E-state index in [-0.39, 0.29) is 11.2 Å². The molecule has 1 unspecified atom stereocenters. The number of rotatable bonds is 4. The third kappa shape index (κ3) is 3.69. The Morgan fingerprint density at radius 3 is 2.78 bits per heavy atom. The van der Waals surface area contributed by atoms with Crippen molar-refractivity contribution in [3.63, 3.8) is 0 Å². The molecule has 1 atom stereocenters. The molecule has 1 aliphatic heterocycles. The first kappa shape index (κ1) is 16.7. The van der Waals surface area contributed by atoms with Crippen molar-refractivity contribution in [3.05, 3.63) is 16.8 Å². The molecule has 3 heterocycles. The van der Waals surface area contributed by atoms with Crippen molar-refractivity contribution in [3.8, 4) is 0 Å². The van der Waals surface area contributed by atoms with E-state index in [2.05, 4.69) is 23.0 Å². The zero-order valence-corrected chi connectivity index (χ0v) is 15.6. The molecule has 2 aromatic rings. The van der Waals surface area contributed by atoms with Crippen molar-refractivity contribution < 1.29 is 4.79 Å². The van der Waals surface area contributed by atoms with Crippen LogP contribution in [0.25, 0.3) is 10.2 Å². The minimum atomic E-state index is -0.101. The van der Waals surface area contributed by atoms with Gasteiger partial charge in [-0.25, -0.2) is 9.97 Å². The molecule has 1 saturated heterocycles. The van der Waals surface area contributed by atoms with Crippen LogP contribution < -0.4 is 0 Å². The lowest BCUT2D eigenvalue weighted by atomic mass is 10.1. The Bertz CT molecular complexity index is 707. The SMILES string of the molecule is CCc1cc2c(SC(C)C(=O)N3CCCCC3)nc(C)nc2s1. The van der Waals surface area contributed by atoms with E-state index in [1.54, 1.807) is 23.1 Å². The number of piperidine rings is 1. The van der Waals surface area contributed by atoms with Gasteiger partial charge in [-0.05, 0) is 45.6 Å². The normalized spacial score (nSPS) is 16.7. The lowest BCUT2D eigenvalue weighted by Crippen LogP contribution is -2.40. The summed E-state index contributed by atoms with van der Waals surface area (Å²) in [6.07, 6.45) is 4.51. The smallest absolute Gasteiger partial charge is 0.235 e.